The lowest BCUT2D eigenvalue weighted by atomic mass is 10.1. The molecule has 0 aliphatic carbocycles. The van der Waals surface area contributed by atoms with Crippen molar-refractivity contribution in [2.75, 3.05) is 25.1 Å². The monoisotopic (exact) mass is 585 g/mol. The number of benzene rings is 2. The highest BCUT2D eigenvalue weighted by molar-refractivity contribution is 7.90. The number of hydrogen-bond donors (Lipinski definition) is 6. The summed E-state index contributed by atoms with van der Waals surface area (Å²) in [6, 6.07) is 6.64. The van der Waals surface area contributed by atoms with E-state index in [4.69, 9.17) is 42.3 Å². The molecule has 0 radical (unpaired) electrons. The molecule has 16 nitrogen and oxygen atoms in total. The van der Waals surface area contributed by atoms with Gasteiger partial charge in [0.1, 0.15) is 15.5 Å². The Labute approximate surface area is 216 Å². The van der Waals surface area contributed by atoms with Crippen LogP contribution in [-0.4, -0.2) is 72.6 Å². The van der Waals surface area contributed by atoms with Gasteiger partial charge in [-0.1, -0.05) is 17.7 Å². The van der Waals surface area contributed by atoms with Crippen molar-refractivity contribution in [3.8, 4) is 5.75 Å². The highest BCUT2D eigenvalue weighted by Gasteiger charge is 2.33. The van der Waals surface area contributed by atoms with Gasteiger partial charge in [0.25, 0.3) is 0 Å². The van der Waals surface area contributed by atoms with Crippen LogP contribution in [0.3, 0.4) is 0 Å². The second-order valence-corrected chi connectivity index (χ2v) is 11.4. The number of nitrogens with zero attached hydrogens (tertiary/aromatic N) is 3. The van der Waals surface area contributed by atoms with Gasteiger partial charge in [-0.05, 0) is 41.8 Å². The van der Waals surface area contributed by atoms with Gasteiger partial charge in [-0.25, -0.2) is 31.6 Å². The highest BCUT2D eigenvalue weighted by Crippen LogP contribution is 2.35. The Hall–Kier alpha value is -2.17. The summed E-state index contributed by atoms with van der Waals surface area (Å²) >= 11 is 5.93. The highest BCUT2D eigenvalue weighted by atomic mass is 35.5. The molecule has 1 aliphatic heterocycles. The molecule has 0 spiro atoms. The minimum Gasteiger partial charge on any atom is -0.494 e. The maximum Gasteiger partial charge on any atom is 0.246 e. The summed E-state index contributed by atoms with van der Waals surface area (Å²) < 4.78 is 56.4. The van der Waals surface area contributed by atoms with E-state index in [9.17, 15) is 16.8 Å². The molecule has 2 aromatic rings. The molecular weight excluding hydrogens is 562 g/mol. The predicted octanol–water partition coefficient (Wildman–Crippen LogP) is 0.854. The molecule has 7 N–H and O–H groups in total. The fraction of sp³-hybridized carbons (Fsp3) is 0.333. The summed E-state index contributed by atoms with van der Waals surface area (Å²) in [5.41, 5.74) is 0.970. The molecule has 0 unspecified atom stereocenters. The van der Waals surface area contributed by atoms with Crippen molar-refractivity contribution >= 4 is 37.3 Å². The van der Waals surface area contributed by atoms with Crippen molar-refractivity contribution in [1.29, 1.82) is 0 Å². The predicted molar refractivity (Wildman–Crippen MR) is 122 cm³/mol. The van der Waals surface area contributed by atoms with Gasteiger partial charge >= 0.3 is 0 Å². The van der Waals surface area contributed by atoms with E-state index in [1.807, 2.05) is 0 Å². The van der Waals surface area contributed by atoms with Crippen molar-refractivity contribution in [3.63, 3.8) is 0 Å². The fourth-order valence-electron chi connectivity index (χ4n) is 3.38. The Morgan fingerprint density at radius 3 is 2.16 bits per heavy atom. The van der Waals surface area contributed by atoms with Crippen molar-refractivity contribution in [2.24, 2.45) is 5.14 Å². The first-order valence-electron chi connectivity index (χ1n) is 10.2. The maximum atomic E-state index is 13.1. The van der Waals surface area contributed by atoms with Crippen molar-refractivity contribution in [1.82, 2.24) is 15.1 Å². The summed E-state index contributed by atoms with van der Waals surface area (Å²) in [6.45, 7) is -0.590. The zero-order valence-electron chi connectivity index (χ0n) is 18.9. The van der Waals surface area contributed by atoms with E-state index in [-0.39, 0.29) is 60.8 Å². The maximum absolute atomic E-state index is 13.1. The SMILES string of the molecule is NS(=O)(=O)c1cc2c(cc1Cl)NCN(CCCOc1cc(CON(O)O)cc(CON(O)O)c1)S2(=O)=O. The molecule has 37 heavy (non-hydrogen) atoms. The summed E-state index contributed by atoms with van der Waals surface area (Å²) in [4.78, 5) is 8.33. The number of nitrogens with one attached hydrogen (secondary N) is 1. The first kappa shape index (κ1) is 29.4. The Bertz CT molecular complexity index is 1300. The van der Waals surface area contributed by atoms with E-state index in [0.29, 0.717) is 11.1 Å². The van der Waals surface area contributed by atoms with Crippen LogP contribution in [0.15, 0.2) is 40.1 Å². The topological polar surface area (TPSA) is 225 Å². The van der Waals surface area contributed by atoms with Crippen LogP contribution in [0.4, 0.5) is 5.69 Å². The molecule has 0 bridgehead atoms. The normalized spacial score (nSPS) is 15.6. The van der Waals surface area contributed by atoms with Crippen LogP contribution in [0.2, 0.25) is 5.02 Å². The minimum absolute atomic E-state index is 0.00878. The van der Waals surface area contributed by atoms with Gasteiger partial charge in [0, 0.05) is 6.54 Å². The molecule has 0 amide bonds. The molecule has 3 rings (SSSR count). The number of nitrogens with two attached hydrogens (primary N) is 1. The average Bonchev–Trinajstić information content (AvgIpc) is 2.79. The second kappa shape index (κ2) is 12.1. The number of rotatable bonds is 12. The summed E-state index contributed by atoms with van der Waals surface area (Å²) in [7, 11) is -8.32. The van der Waals surface area contributed by atoms with Gasteiger partial charge in [-0.2, -0.15) is 4.31 Å². The summed E-state index contributed by atoms with van der Waals surface area (Å²) in [5, 5.41) is 41.8. The zero-order valence-corrected chi connectivity index (χ0v) is 21.3. The smallest absolute Gasteiger partial charge is 0.246 e. The van der Waals surface area contributed by atoms with Crippen molar-refractivity contribution < 1.29 is 52.1 Å². The third-order valence-corrected chi connectivity index (χ3v) is 8.21. The van der Waals surface area contributed by atoms with E-state index in [0.717, 1.165) is 10.4 Å². The number of primary sulfonamides is 1. The molecule has 1 heterocycles. The van der Waals surface area contributed by atoms with Crippen LogP contribution >= 0.6 is 11.6 Å². The largest absolute Gasteiger partial charge is 0.494 e. The molecule has 0 saturated carbocycles. The molecule has 1 aliphatic rings. The van der Waals surface area contributed by atoms with Crippen LogP contribution in [-0.2, 0) is 42.9 Å². The molecule has 19 heteroatoms. The van der Waals surface area contributed by atoms with Gasteiger partial charge in [0.15, 0.2) is 0 Å². The lowest BCUT2D eigenvalue weighted by molar-refractivity contribution is -0.497. The minimum atomic E-state index is -4.25. The van der Waals surface area contributed by atoms with Crippen molar-refractivity contribution in [3.05, 3.63) is 46.5 Å². The molecule has 206 valence electrons. The van der Waals surface area contributed by atoms with E-state index in [1.165, 1.54) is 24.3 Å². The number of hydrogen-bond acceptors (Lipinski definition) is 14. The standard InChI is InChI=1S/C18H24ClN5O11S2/c19-15-7-16-18(8-17(15)36(20,29)30)37(31,32)22(11-21-16)2-1-3-33-14-5-12(9-34-23(25)26)4-13(6-14)10-35-24(27)28/h4-8,21,25-28H,1-3,9-11H2,(H2,20,29,30). The first-order chi connectivity index (χ1) is 17.3. The van der Waals surface area contributed by atoms with Crippen LogP contribution in [0.5, 0.6) is 5.75 Å². The van der Waals surface area contributed by atoms with E-state index in [1.54, 1.807) is 0 Å². The Balaban J connectivity index is 1.67. The number of fused-ring (bicyclic) bond motifs is 1. The molecule has 0 saturated heterocycles. The van der Waals surface area contributed by atoms with Crippen LogP contribution < -0.4 is 15.2 Å². The second-order valence-electron chi connectivity index (χ2n) is 7.58. The third kappa shape index (κ3) is 7.91. The lowest BCUT2D eigenvalue weighted by Crippen LogP contribution is -2.40. The molecule has 0 atom stereocenters. The number of anilines is 1. The summed E-state index contributed by atoms with van der Waals surface area (Å²) in [5.74, 6) is 0.280. The van der Waals surface area contributed by atoms with Gasteiger partial charge in [-0.15, -0.1) is 0 Å². The first-order valence-corrected chi connectivity index (χ1v) is 13.6. The Morgan fingerprint density at radius 1 is 1.03 bits per heavy atom. The van der Waals surface area contributed by atoms with Gasteiger partial charge in [0.2, 0.25) is 20.0 Å². The number of sulfonamides is 2. The Morgan fingerprint density at radius 2 is 1.62 bits per heavy atom. The quantitative estimate of drug-likeness (QED) is 0.150. The lowest BCUT2D eigenvalue weighted by Gasteiger charge is -2.29. The molecule has 0 fully saturated rings. The Kier molecular flexibility index (Phi) is 9.63. The average molecular weight is 586 g/mol. The van der Waals surface area contributed by atoms with Crippen molar-refractivity contribution in [2.45, 2.75) is 29.4 Å². The fourth-order valence-corrected chi connectivity index (χ4v) is 6.11. The van der Waals surface area contributed by atoms with Gasteiger partial charge in [0.05, 0.1) is 48.0 Å². The van der Waals surface area contributed by atoms with E-state index >= 15 is 0 Å². The van der Waals surface area contributed by atoms with Crippen LogP contribution in [0.25, 0.3) is 0 Å². The molecular formula is C18H24ClN5O11S2. The number of halogens is 1. The zero-order chi connectivity index (χ0) is 27.4. The summed E-state index contributed by atoms with van der Waals surface area (Å²) in [6.07, 6.45) is 0.223. The van der Waals surface area contributed by atoms with E-state index < -0.39 is 35.7 Å². The van der Waals surface area contributed by atoms with Gasteiger partial charge < -0.3 is 10.1 Å². The van der Waals surface area contributed by atoms with E-state index in [2.05, 4.69) is 15.0 Å². The van der Waals surface area contributed by atoms with Crippen LogP contribution in [0.1, 0.15) is 17.5 Å². The molecule has 2 aromatic carbocycles. The molecule has 0 aromatic heterocycles. The van der Waals surface area contributed by atoms with Gasteiger partial charge in [-0.3, -0.25) is 20.8 Å². The number of ether oxygens (including phenoxy) is 1. The van der Waals surface area contributed by atoms with Crippen LogP contribution in [0, 0.1) is 0 Å². The third-order valence-electron chi connectivity index (χ3n) is 4.94.